The molecule has 160 valence electrons. The van der Waals surface area contributed by atoms with Crippen molar-refractivity contribution in [2.24, 2.45) is 5.16 Å². The Balaban J connectivity index is 1.87. The van der Waals surface area contributed by atoms with Crippen LogP contribution in [-0.2, 0) is 11.3 Å². The molecule has 2 aromatic rings. The van der Waals surface area contributed by atoms with Crippen LogP contribution in [0, 0.1) is 0 Å². The van der Waals surface area contributed by atoms with Crippen LogP contribution in [0.5, 0.6) is 11.5 Å². The van der Waals surface area contributed by atoms with Gasteiger partial charge in [0.25, 0.3) is 0 Å². The fraction of sp³-hybridized carbons (Fsp3) is 0.348. The van der Waals surface area contributed by atoms with Gasteiger partial charge in [0.05, 0.1) is 18.4 Å². The lowest BCUT2D eigenvalue weighted by Gasteiger charge is -2.07. The van der Waals surface area contributed by atoms with Gasteiger partial charge >= 0.3 is 12.1 Å². The Morgan fingerprint density at radius 1 is 1.03 bits per heavy atom. The van der Waals surface area contributed by atoms with E-state index in [1.54, 1.807) is 0 Å². The van der Waals surface area contributed by atoms with E-state index < -0.39 is 12.1 Å². The average Bonchev–Trinajstić information content (AvgIpc) is 2.74. The third-order valence-electron chi connectivity index (χ3n) is 4.36. The zero-order valence-electron chi connectivity index (χ0n) is 17.3. The molecule has 0 heterocycles. The van der Waals surface area contributed by atoms with Crippen molar-refractivity contribution in [1.82, 2.24) is 0 Å². The van der Waals surface area contributed by atoms with E-state index in [2.05, 4.69) is 16.8 Å². The highest BCUT2D eigenvalue weighted by Crippen LogP contribution is 2.21. The normalized spacial score (nSPS) is 10.7. The Bertz CT molecular complexity index is 860. The molecule has 0 unspecified atom stereocenters. The van der Waals surface area contributed by atoms with Crippen molar-refractivity contribution in [3.05, 3.63) is 59.2 Å². The number of benzene rings is 2. The number of nitrogens with zero attached hydrogens (tertiary/aromatic N) is 1. The second kappa shape index (κ2) is 12.3. The number of ether oxygens (including phenoxy) is 2. The van der Waals surface area contributed by atoms with Crippen LogP contribution in [0.2, 0.25) is 0 Å². The fourth-order valence-corrected chi connectivity index (χ4v) is 2.73. The van der Waals surface area contributed by atoms with Gasteiger partial charge in [-0.1, -0.05) is 38.3 Å². The van der Waals surface area contributed by atoms with Crippen molar-refractivity contribution in [2.45, 2.75) is 46.0 Å². The summed E-state index contributed by atoms with van der Waals surface area (Å²) in [6.45, 7) is 4.70. The molecule has 0 radical (unpaired) electrons. The van der Waals surface area contributed by atoms with E-state index in [-0.39, 0.29) is 11.3 Å². The minimum atomic E-state index is -1.41. The van der Waals surface area contributed by atoms with Crippen LogP contribution in [0.4, 0.5) is 4.79 Å². The first-order valence-electron chi connectivity index (χ1n) is 10.0. The first-order chi connectivity index (χ1) is 14.5. The summed E-state index contributed by atoms with van der Waals surface area (Å²) in [5.41, 5.74) is 1.61. The van der Waals surface area contributed by atoms with Crippen LogP contribution >= 0.6 is 0 Å². The molecule has 0 spiro atoms. The number of aryl methyl sites for hydroxylation is 1. The summed E-state index contributed by atoms with van der Waals surface area (Å²) in [6, 6.07) is 11.7. The number of carbonyl (C=O) groups excluding carboxylic acids is 1. The number of carbonyl (C=O) groups is 2. The number of carboxylic acid groups (broad SMARTS) is 1. The Labute approximate surface area is 176 Å². The average molecular weight is 413 g/mol. The maximum absolute atomic E-state index is 12.2. The summed E-state index contributed by atoms with van der Waals surface area (Å²) in [6.07, 6.45) is 5.15. The number of unbranched alkanes of at least 4 members (excludes halogenated alkanes) is 3. The predicted molar refractivity (Wildman–Crippen MR) is 114 cm³/mol. The molecule has 0 aromatic heterocycles. The molecule has 2 aromatic carbocycles. The van der Waals surface area contributed by atoms with Gasteiger partial charge in [-0.05, 0) is 66.4 Å². The van der Waals surface area contributed by atoms with Crippen molar-refractivity contribution in [1.29, 1.82) is 0 Å². The number of hydrogen-bond donors (Lipinski definition) is 1. The van der Waals surface area contributed by atoms with Gasteiger partial charge in [-0.25, -0.2) is 9.59 Å². The van der Waals surface area contributed by atoms with E-state index in [9.17, 15) is 9.59 Å². The second-order valence-corrected chi connectivity index (χ2v) is 6.64. The van der Waals surface area contributed by atoms with E-state index in [0.717, 1.165) is 17.7 Å². The lowest BCUT2D eigenvalue weighted by atomic mass is 10.1. The third kappa shape index (κ3) is 7.58. The van der Waals surface area contributed by atoms with Gasteiger partial charge in [-0.15, -0.1) is 0 Å². The molecule has 0 amide bonds. The quantitative estimate of drug-likeness (QED) is 0.131. The fourth-order valence-electron chi connectivity index (χ4n) is 2.73. The Hall–Kier alpha value is -3.35. The van der Waals surface area contributed by atoms with Gasteiger partial charge in [-0.2, -0.15) is 0 Å². The largest absolute Gasteiger partial charge is 0.511 e. The van der Waals surface area contributed by atoms with E-state index in [0.29, 0.717) is 18.6 Å². The topological polar surface area (TPSA) is 94.4 Å². The SMILES string of the molecule is CCCCCCOc1ccc(C=NOC(=O)c2ccc(OC(=O)O)c(CC)c2)cc1. The lowest BCUT2D eigenvalue weighted by molar-refractivity contribution is 0.0519. The highest BCUT2D eigenvalue weighted by atomic mass is 16.7. The van der Waals surface area contributed by atoms with Gasteiger partial charge in [-0.3, -0.25) is 0 Å². The van der Waals surface area contributed by atoms with E-state index in [1.807, 2.05) is 31.2 Å². The molecule has 0 fully saturated rings. The number of oxime groups is 1. The minimum Gasteiger partial charge on any atom is -0.494 e. The summed E-state index contributed by atoms with van der Waals surface area (Å²) in [7, 11) is 0. The van der Waals surface area contributed by atoms with Crippen LogP contribution in [0.15, 0.2) is 47.6 Å². The molecule has 0 aliphatic heterocycles. The highest BCUT2D eigenvalue weighted by Gasteiger charge is 2.13. The molecule has 0 atom stereocenters. The molecule has 0 saturated carbocycles. The van der Waals surface area contributed by atoms with Gasteiger partial charge in [0.15, 0.2) is 0 Å². The molecule has 0 bridgehead atoms. The monoisotopic (exact) mass is 413 g/mol. The van der Waals surface area contributed by atoms with Crippen LogP contribution in [-0.4, -0.2) is 30.1 Å². The number of hydrogen-bond acceptors (Lipinski definition) is 6. The second-order valence-electron chi connectivity index (χ2n) is 6.64. The van der Waals surface area contributed by atoms with Gasteiger partial charge in [0.2, 0.25) is 0 Å². The Morgan fingerprint density at radius 2 is 1.80 bits per heavy atom. The highest BCUT2D eigenvalue weighted by molar-refractivity contribution is 5.90. The summed E-state index contributed by atoms with van der Waals surface area (Å²) in [5.74, 6) is 0.337. The first-order valence-corrected chi connectivity index (χ1v) is 10.0. The molecule has 0 aliphatic carbocycles. The van der Waals surface area contributed by atoms with Crippen molar-refractivity contribution in [3.63, 3.8) is 0 Å². The van der Waals surface area contributed by atoms with Crippen molar-refractivity contribution in [3.8, 4) is 11.5 Å². The summed E-state index contributed by atoms with van der Waals surface area (Å²) < 4.78 is 10.4. The zero-order valence-corrected chi connectivity index (χ0v) is 17.3. The van der Waals surface area contributed by atoms with Crippen LogP contribution in [0.3, 0.4) is 0 Å². The molecule has 7 heteroatoms. The molecule has 1 N–H and O–H groups in total. The molecule has 0 aliphatic rings. The number of rotatable bonds is 11. The summed E-state index contributed by atoms with van der Waals surface area (Å²) >= 11 is 0. The van der Waals surface area contributed by atoms with Gasteiger partial charge < -0.3 is 19.4 Å². The Morgan fingerprint density at radius 3 is 2.47 bits per heavy atom. The van der Waals surface area contributed by atoms with E-state index in [4.69, 9.17) is 14.7 Å². The van der Waals surface area contributed by atoms with Crippen molar-refractivity contribution in [2.75, 3.05) is 6.61 Å². The third-order valence-corrected chi connectivity index (χ3v) is 4.36. The molecule has 0 saturated heterocycles. The Kier molecular flexibility index (Phi) is 9.37. The van der Waals surface area contributed by atoms with E-state index >= 15 is 0 Å². The zero-order chi connectivity index (χ0) is 21.8. The molecule has 2 rings (SSSR count). The maximum atomic E-state index is 12.2. The first kappa shape index (κ1) is 22.9. The van der Waals surface area contributed by atoms with Gasteiger partial charge in [0, 0.05) is 0 Å². The summed E-state index contributed by atoms with van der Waals surface area (Å²) in [5, 5.41) is 12.5. The molecule has 30 heavy (non-hydrogen) atoms. The van der Waals surface area contributed by atoms with Crippen LogP contribution in [0.1, 0.15) is 61.0 Å². The van der Waals surface area contributed by atoms with Gasteiger partial charge in [0.1, 0.15) is 11.5 Å². The lowest BCUT2D eigenvalue weighted by Crippen LogP contribution is -2.07. The molecular formula is C23H27NO6. The predicted octanol–water partition coefficient (Wildman–Crippen LogP) is 5.46. The smallest absolute Gasteiger partial charge is 0.494 e. The standard InChI is InChI=1S/C23H27NO6/c1-3-5-6-7-14-28-20-11-8-17(9-12-20)16-24-30-22(25)19-10-13-21(29-23(26)27)18(4-2)15-19/h8-13,15-16H,3-7,14H2,1-2H3,(H,26,27). The maximum Gasteiger partial charge on any atom is 0.511 e. The summed E-state index contributed by atoms with van der Waals surface area (Å²) in [4.78, 5) is 27.8. The molecular weight excluding hydrogens is 386 g/mol. The van der Waals surface area contributed by atoms with Crippen LogP contribution < -0.4 is 9.47 Å². The van der Waals surface area contributed by atoms with E-state index in [1.165, 1.54) is 43.7 Å². The molecule has 7 nitrogen and oxygen atoms in total. The minimum absolute atomic E-state index is 0.192. The van der Waals surface area contributed by atoms with Crippen molar-refractivity contribution >= 4 is 18.3 Å². The van der Waals surface area contributed by atoms with Crippen LogP contribution in [0.25, 0.3) is 0 Å². The van der Waals surface area contributed by atoms with Crippen molar-refractivity contribution < 1.29 is 29.0 Å².